The Labute approximate surface area is 134 Å². The Morgan fingerprint density at radius 1 is 1.17 bits per heavy atom. The van der Waals surface area contributed by atoms with Gasteiger partial charge >= 0.3 is 0 Å². The third kappa shape index (κ3) is 4.06. The van der Waals surface area contributed by atoms with Gasteiger partial charge in [-0.05, 0) is 25.8 Å². The average Bonchev–Trinajstić information content (AvgIpc) is 2.47. The van der Waals surface area contributed by atoms with E-state index in [1.807, 2.05) is 0 Å². The van der Waals surface area contributed by atoms with Crippen LogP contribution in [0.2, 0.25) is 0 Å². The second-order valence-corrected chi connectivity index (χ2v) is 6.18. The van der Waals surface area contributed by atoms with Crippen LogP contribution in [0.25, 0.3) is 0 Å². The van der Waals surface area contributed by atoms with Crippen molar-refractivity contribution in [3.63, 3.8) is 0 Å². The van der Waals surface area contributed by atoms with E-state index in [-0.39, 0.29) is 17.4 Å². The molecule has 2 amide bonds. The van der Waals surface area contributed by atoms with Crippen LogP contribution in [0.4, 0.5) is 8.78 Å². The highest BCUT2D eigenvalue weighted by molar-refractivity contribution is 5.91. The molecular weight excluding hydrogens is 302 g/mol. The molecule has 1 unspecified atom stereocenters. The number of nitrogens with one attached hydrogen (secondary N) is 2. The Kier molecular flexibility index (Phi) is 5.34. The van der Waals surface area contributed by atoms with Crippen molar-refractivity contribution in [2.45, 2.75) is 57.5 Å². The topological polar surface area (TPSA) is 58.2 Å². The highest BCUT2D eigenvalue weighted by Gasteiger charge is 2.40. The standard InChI is InChI=1S/C17H22F2N2O2/c1-11(14-7-6-13(18)10-15(14)19)20-16(23)17(21-12(2)22)8-4-3-5-9-17/h6-7,10-11H,3-5,8-9H2,1-2H3,(H,20,23)(H,21,22). The number of carbonyl (C=O) groups is 2. The van der Waals surface area contributed by atoms with Crippen molar-refractivity contribution in [3.8, 4) is 0 Å². The lowest BCUT2D eigenvalue weighted by molar-refractivity contribution is -0.134. The number of amides is 2. The van der Waals surface area contributed by atoms with Crippen molar-refractivity contribution in [2.75, 3.05) is 0 Å². The van der Waals surface area contributed by atoms with E-state index in [2.05, 4.69) is 10.6 Å². The third-order valence-electron chi connectivity index (χ3n) is 4.33. The predicted octanol–water partition coefficient (Wildman–Crippen LogP) is 2.98. The Morgan fingerprint density at radius 3 is 2.39 bits per heavy atom. The van der Waals surface area contributed by atoms with E-state index >= 15 is 0 Å². The number of halogens is 2. The fraction of sp³-hybridized carbons (Fsp3) is 0.529. The average molecular weight is 324 g/mol. The molecule has 1 aromatic carbocycles. The molecule has 1 aromatic rings. The van der Waals surface area contributed by atoms with Crippen molar-refractivity contribution in [2.24, 2.45) is 0 Å². The first-order valence-electron chi connectivity index (χ1n) is 7.89. The zero-order valence-electron chi connectivity index (χ0n) is 13.4. The first-order valence-corrected chi connectivity index (χ1v) is 7.89. The summed E-state index contributed by atoms with van der Waals surface area (Å²) >= 11 is 0. The first kappa shape index (κ1) is 17.4. The summed E-state index contributed by atoms with van der Waals surface area (Å²) in [6.45, 7) is 3.02. The SMILES string of the molecule is CC(=O)NC1(C(=O)NC(C)c2ccc(F)cc2F)CCCCC1. The van der Waals surface area contributed by atoms with Gasteiger partial charge in [0.15, 0.2) is 0 Å². The number of hydrogen-bond acceptors (Lipinski definition) is 2. The molecule has 1 aliphatic carbocycles. The fourth-order valence-corrected chi connectivity index (χ4v) is 3.17. The molecule has 126 valence electrons. The van der Waals surface area contributed by atoms with E-state index in [0.29, 0.717) is 12.8 Å². The van der Waals surface area contributed by atoms with Crippen molar-refractivity contribution in [1.29, 1.82) is 0 Å². The first-order chi connectivity index (χ1) is 10.8. The quantitative estimate of drug-likeness (QED) is 0.894. The molecule has 1 fully saturated rings. The molecule has 2 rings (SSSR count). The normalized spacial score (nSPS) is 18.1. The van der Waals surface area contributed by atoms with Gasteiger partial charge in [-0.1, -0.05) is 25.3 Å². The molecule has 0 radical (unpaired) electrons. The maximum atomic E-state index is 13.8. The summed E-state index contributed by atoms with van der Waals surface area (Å²) < 4.78 is 26.8. The van der Waals surface area contributed by atoms with E-state index in [1.54, 1.807) is 6.92 Å². The summed E-state index contributed by atoms with van der Waals surface area (Å²) in [4.78, 5) is 24.2. The highest BCUT2D eigenvalue weighted by Crippen LogP contribution is 2.29. The Morgan fingerprint density at radius 2 is 1.83 bits per heavy atom. The molecule has 0 spiro atoms. The lowest BCUT2D eigenvalue weighted by Gasteiger charge is -2.37. The minimum atomic E-state index is -0.936. The maximum Gasteiger partial charge on any atom is 0.246 e. The smallest absolute Gasteiger partial charge is 0.246 e. The van der Waals surface area contributed by atoms with Gasteiger partial charge in [-0.2, -0.15) is 0 Å². The van der Waals surface area contributed by atoms with Crippen LogP contribution in [0.3, 0.4) is 0 Å². The van der Waals surface area contributed by atoms with Gasteiger partial charge in [-0.15, -0.1) is 0 Å². The van der Waals surface area contributed by atoms with Crippen molar-refractivity contribution >= 4 is 11.8 Å². The third-order valence-corrected chi connectivity index (χ3v) is 4.33. The Hall–Kier alpha value is -1.98. The van der Waals surface area contributed by atoms with E-state index in [0.717, 1.165) is 31.4 Å². The second kappa shape index (κ2) is 7.06. The van der Waals surface area contributed by atoms with Gasteiger partial charge in [0.25, 0.3) is 0 Å². The van der Waals surface area contributed by atoms with E-state index < -0.39 is 23.2 Å². The van der Waals surface area contributed by atoms with Gasteiger partial charge in [0.05, 0.1) is 6.04 Å². The highest BCUT2D eigenvalue weighted by atomic mass is 19.1. The summed E-state index contributed by atoms with van der Waals surface area (Å²) in [5.74, 6) is -1.94. The van der Waals surface area contributed by atoms with E-state index in [1.165, 1.54) is 13.0 Å². The second-order valence-electron chi connectivity index (χ2n) is 6.18. The van der Waals surface area contributed by atoms with Gasteiger partial charge in [0.1, 0.15) is 17.2 Å². The molecule has 1 aliphatic rings. The summed E-state index contributed by atoms with van der Waals surface area (Å²) in [5, 5.41) is 5.53. The van der Waals surface area contributed by atoms with Gasteiger partial charge in [-0.25, -0.2) is 8.78 Å². The van der Waals surface area contributed by atoms with Crippen LogP contribution in [-0.2, 0) is 9.59 Å². The van der Waals surface area contributed by atoms with Crippen LogP contribution < -0.4 is 10.6 Å². The van der Waals surface area contributed by atoms with Gasteiger partial charge in [-0.3, -0.25) is 9.59 Å². The van der Waals surface area contributed by atoms with Crippen LogP contribution in [0.1, 0.15) is 57.6 Å². The number of rotatable bonds is 4. The van der Waals surface area contributed by atoms with E-state index in [9.17, 15) is 18.4 Å². The van der Waals surface area contributed by atoms with Crippen LogP contribution in [0.5, 0.6) is 0 Å². The lowest BCUT2D eigenvalue weighted by atomic mass is 9.80. The lowest BCUT2D eigenvalue weighted by Crippen LogP contribution is -2.59. The Balaban J connectivity index is 2.15. The van der Waals surface area contributed by atoms with Crippen molar-refractivity contribution in [1.82, 2.24) is 10.6 Å². The molecule has 6 heteroatoms. The molecule has 0 bridgehead atoms. The molecule has 23 heavy (non-hydrogen) atoms. The zero-order valence-corrected chi connectivity index (χ0v) is 13.4. The Bertz CT molecular complexity index is 598. The largest absolute Gasteiger partial charge is 0.347 e. The number of carbonyl (C=O) groups excluding carboxylic acids is 2. The molecule has 2 N–H and O–H groups in total. The molecule has 1 atom stereocenters. The minimum absolute atomic E-state index is 0.216. The van der Waals surface area contributed by atoms with Gasteiger partial charge in [0, 0.05) is 18.6 Å². The van der Waals surface area contributed by atoms with Crippen LogP contribution in [0.15, 0.2) is 18.2 Å². The van der Waals surface area contributed by atoms with E-state index in [4.69, 9.17) is 0 Å². The minimum Gasteiger partial charge on any atom is -0.347 e. The zero-order chi connectivity index (χ0) is 17.0. The fourth-order valence-electron chi connectivity index (χ4n) is 3.17. The summed E-state index contributed by atoms with van der Waals surface area (Å²) in [7, 11) is 0. The van der Waals surface area contributed by atoms with Gasteiger partial charge < -0.3 is 10.6 Å². The maximum absolute atomic E-state index is 13.8. The molecule has 0 saturated heterocycles. The molecule has 0 heterocycles. The molecule has 1 saturated carbocycles. The molecule has 0 aromatic heterocycles. The molecule has 0 aliphatic heterocycles. The number of hydrogen-bond donors (Lipinski definition) is 2. The van der Waals surface area contributed by atoms with Gasteiger partial charge in [0.2, 0.25) is 11.8 Å². The predicted molar refractivity (Wildman–Crippen MR) is 82.5 cm³/mol. The van der Waals surface area contributed by atoms with Crippen LogP contribution in [-0.4, -0.2) is 17.4 Å². The molecular formula is C17H22F2N2O2. The summed E-state index contributed by atoms with van der Waals surface area (Å²) in [6, 6.07) is 2.66. The monoisotopic (exact) mass is 324 g/mol. The summed E-state index contributed by atoms with van der Waals surface area (Å²) in [6.07, 6.45) is 3.87. The van der Waals surface area contributed by atoms with Crippen LogP contribution >= 0.6 is 0 Å². The number of benzene rings is 1. The van der Waals surface area contributed by atoms with Crippen molar-refractivity contribution in [3.05, 3.63) is 35.4 Å². The molecule has 4 nitrogen and oxygen atoms in total. The summed E-state index contributed by atoms with van der Waals surface area (Å²) in [5.41, 5.74) is -0.719. The van der Waals surface area contributed by atoms with Crippen molar-refractivity contribution < 1.29 is 18.4 Å². The van der Waals surface area contributed by atoms with Crippen LogP contribution in [0, 0.1) is 11.6 Å².